The molecule has 0 aliphatic heterocycles. The fraction of sp³-hybridized carbons (Fsp3) is 0.118. The molecule has 4 heteroatoms. The molecule has 6 rings (SSSR count). The first-order valence-electron chi connectivity index (χ1n) is 12.9. The van der Waals surface area contributed by atoms with Gasteiger partial charge in [-0.2, -0.15) is 0 Å². The largest absolute Gasteiger partial charge is 0.315 e. The van der Waals surface area contributed by atoms with Gasteiger partial charge in [-0.3, -0.25) is 4.99 Å². The maximum Gasteiger partial charge on any atom is 0.205 e. The third-order valence-electron chi connectivity index (χ3n) is 7.38. The van der Waals surface area contributed by atoms with E-state index in [1.807, 2.05) is 21.0 Å². The fourth-order valence-corrected chi connectivity index (χ4v) is 5.32. The summed E-state index contributed by atoms with van der Waals surface area (Å²) in [5.41, 5.74) is 2.05. The molecule has 0 saturated carbocycles. The molecule has 38 heavy (non-hydrogen) atoms. The van der Waals surface area contributed by atoms with Crippen molar-refractivity contribution in [2.24, 2.45) is 9.98 Å². The molecule has 6 aromatic rings. The van der Waals surface area contributed by atoms with E-state index in [0.29, 0.717) is 0 Å². The fourth-order valence-electron chi connectivity index (χ4n) is 5.32. The zero-order valence-electron chi connectivity index (χ0n) is 22.2. The van der Waals surface area contributed by atoms with Crippen LogP contribution < -0.4 is 4.90 Å². The summed E-state index contributed by atoms with van der Waals surface area (Å²) in [4.78, 5) is 14.0. The maximum absolute atomic E-state index is 5.08. The van der Waals surface area contributed by atoms with E-state index in [9.17, 15) is 0 Å². The van der Waals surface area contributed by atoms with E-state index >= 15 is 0 Å². The number of amidine groups is 1. The van der Waals surface area contributed by atoms with E-state index in [0.717, 1.165) is 28.6 Å². The van der Waals surface area contributed by atoms with Crippen LogP contribution in [-0.2, 0) is 0 Å². The molecular weight excluding hydrogens is 464 g/mol. The number of rotatable bonds is 2. The zero-order chi connectivity index (χ0) is 26.2. The molecule has 4 nitrogen and oxygen atoms in total. The second kappa shape index (κ2) is 9.64. The predicted molar refractivity (Wildman–Crippen MR) is 165 cm³/mol. The molecule has 0 amide bonds. The average Bonchev–Trinajstić information content (AvgIpc) is 2.95. The molecule has 0 atom stereocenters. The van der Waals surface area contributed by atoms with Crippen molar-refractivity contribution in [2.45, 2.75) is 6.92 Å². The highest BCUT2D eigenvalue weighted by Gasteiger charge is 2.18. The van der Waals surface area contributed by atoms with E-state index in [2.05, 4.69) is 131 Å². The van der Waals surface area contributed by atoms with Gasteiger partial charge in [-0.05, 0) is 75.6 Å². The first-order chi connectivity index (χ1) is 18.5. The van der Waals surface area contributed by atoms with Crippen molar-refractivity contribution in [3.05, 3.63) is 109 Å². The highest BCUT2D eigenvalue weighted by atomic mass is 15.4. The van der Waals surface area contributed by atoms with Gasteiger partial charge >= 0.3 is 0 Å². The van der Waals surface area contributed by atoms with Crippen LogP contribution in [0.5, 0.6) is 0 Å². The lowest BCUT2D eigenvalue weighted by Gasteiger charge is -2.30. The van der Waals surface area contributed by atoms with E-state index in [1.54, 1.807) is 0 Å². The van der Waals surface area contributed by atoms with E-state index in [1.165, 1.54) is 37.7 Å². The Morgan fingerprint density at radius 3 is 1.68 bits per heavy atom. The number of benzene rings is 6. The minimum Gasteiger partial charge on any atom is -0.315 e. The summed E-state index contributed by atoms with van der Waals surface area (Å²) in [5.74, 6) is 1.68. The van der Waals surface area contributed by atoms with Crippen LogP contribution in [0.2, 0.25) is 0 Å². The zero-order valence-corrected chi connectivity index (χ0v) is 22.2. The number of nitrogens with zero attached hydrogens (tertiary/aromatic N) is 4. The first-order valence-corrected chi connectivity index (χ1v) is 12.9. The van der Waals surface area contributed by atoms with Crippen LogP contribution in [0.4, 0.5) is 11.4 Å². The van der Waals surface area contributed by atoms with Crippen LogP contribution in [0.1, 0.15) is 6.92 Å². The summed E-state index contributed by atoms with van der Waals surface area (Å²) in [6, 6.07) is 38.7. The van der Waals surface area contributed by atoms with Gasteiger partial charge in [0, 0.05) is 31.9 Å². The van der Waals surface area contributed by atoms with Crippen LogP contribution in [0.15, 0.2) is 119 Å². The Bertz CT molecular complexity index is 1880. The van der Waals surface area contributed by atoms with Crippen LogP contribution >= 0.6 is 0 Å². The Morgan fingerprint density at radius 1 is 0.579 bits per heavy atom. The minimum atomic E-state index is 0.817. The summed E-state index contributed by atoms with van der Waals surface area (Å²) in [6.07, 6.45) is 0. The molecule has 0 radical (unpaired) electrons. The van der Waals surface area contributed by atoms with Crippen molar-refractivity contribution in [1.82, 2.24) is 4.90 Å². The topological polar surface area (TPSA) is 31.2 Å². The number of aliphatic imine (C=N–C) groups is 2. The Balaban J connectivity index is 1.38. The molecule has 0 fully saturated rings. The van der Waals surface area contributed by atoms with Crippen molar-refractivity contribution in [3.8, 4) is 0 Å². The van der Waals surface area contributed by atoms with Crippen molar-refractivity contribution in [1.29, 1.82) is 0 Å². The van der Waals surface area contributed by atoms with Crippen molar-refractivity contribution < 1.29 is 0 Å². The lowest BCUT2D eigenvalue weighted by molar-refractivity contribution is 0.724. The summed E-state index contributed by atoms with van der Waals surface area (Å²) >= 11 is 0. The van der Waals surface area contributed by atoms with Gasteiger partial charge in [-0.1, -0.05) is 72.8 Å². The summed E-state index contributed by atoms with van der Waals surface area (Å²) < 4.78 is 0. The molecule has 0 aliphatic carbocycles. The predicted octanol–water partition coefficient (Wildman–Crippen LogP) is 8.40. The number of guanidine groups is 1. The monoisotopic (exact) mass is 494 g/mol. The molecule has 0 heterocycles. The van der Waals surface area contributed by atoms with Gasteiger partial charge in [0.2, 0.25) is 5.96 Å². The molecule has 0 bridgehead atoms. The third-order valence-corrected chi connectivity index (χ3v) is 7.38. The Hall–Kier alpha value is -4.70. The van der Waals surface area contributed by atoms with Gasteiger partial charge in [-0.15, -0.1) is 0 Å². The maximum atomic E-state index is 5.08. The average molecular weight is 495 g/mol. The van der Waals surface area contributed by atoms with Gasteiger partial charge in [0.25, 0.3) is 0 Å². The van der Waals surface area contributed by atoms with Gasteiger partial charge in [0.15, 0.2) is 0 Å². The molecule has 0 spiro atoms. The number of hydrogen-bond donors (Lipinski definition) is 0. The van der Waals surface area contributed by atoms with Crippen molar-refractivity contribution >= 4 is 66.3 Å². The quantitative estimate of drug-likeness (QED) is 0.137. The summed E-state index contributed by atoms with van der Waals surface area (Å²) in [5, 5.41) is 9.65. The van der Waals surface area contributed by atoms with E-state index in [4.69, 9.17) is 4.99 Å². The first kappa shape index (κ1) is 23.7. The summed E-state index contributed by atoms with van der Waals surface area (Å²) in [7, 11) is 5.93. The Labute approximate surface area is 223 Å². The standard InChI is InChI=1S/C34H30N4/c1-23(36-32-17-9-15-28-19-24-11-5-7-13-26(24)21-30(28)32)37(3)34(35-2)38(4)33-18-10-16-29-20-25-12-6-8-14-27(25)22-31(29)33/h5-22H,1-4H3/b35-34+,36-23+. The van der Waals surface area contributed by atoms with Crippen LogP contribution in [0, 0.1) is 0 Å². The second-order valence-corrected chi connectivity index (χ2v) is 9.70. The lowest BCUT2D eigenvalue weighted by atomic mass is 10.0. The lowest BCUT2D eigenvalue weighted by Crippen LogP contribution is -2.42. The minimum absolute atomic E-state index is 0.817. The molecule has 186 valence electrons. The van der Waals surface area contributed by atoms with E-state index in [-0.39, 0.29) is 0 Å². The van der Waals surface area contributed by atoms with Crippen molar-refractivity contribution in [3.63, 3.8) is 0 Å². The molecule has 0 N–H and O–H groups in total. The summed E-state index contributed by atoms with van der Waals surface area (Å²) in [6.45, 7) is 2.04. The molecule has 0 unspecified atom stereocenters. The normalized spacial score (nSPS) is 12.5. The second-order valence-electron chi connectivity index (χ2n) is 9.70. The SMILES string of the molecule is C/N=C(\N(C)/C(C)=N/c1cccc2cc3ccccc3cc12)N(C)c1cccc2cc3ccccc3cc12. The van der Waals surface area contributed by atoms with Crippen LogP contribution in [0.3, 0.4) is 0 Å². The van der Waals surface area contributed by atoms with E-state index < -0.39 is 0 Å². The molecule has 0 aliphatic rings. The highest BCUT2D eigenvalue weighted by molar-refractivity contribution is 6.13. The van der Waals surface area contributed by atoms with Gasteiger partial charge < -0.3 is 9.80 Å². The molecule has 0 aromatic heterocycles. The van der Waals surface area contributed by atoms with Crippen LogP contribution in [0.25, 0.3) is 43.1 Å². The van der Waals surface area contributed by atoms with Gasteiger partial charge in [-0.25, -0.2) is 4.99 Å². The van der Waals surface area contributed by atoms with Gasteiger partial charge in [0.05, 0.1) is 11.4 Å². The Morgan fingerprint density at radius 2 is 1.08 bits per heavy atom. The number of anilines is 1. The smallest absolute Gasteiger partial charge is 0.205 e. The highest BCUT2D eigenvalue weighted by Crippen LogP contribution is 2.32. The van der Waals surface area contributed by atoms with Crippen LogP contribution in [-0.4, -0.2) is 37.8 Å². The number of fused-ring (bicyclic) bond motifs is 4. The molecule has 6 aromatic carbocycles. The molecular formula is C34H30N4. The third kappa shape index (κ3) is 4.14. The van der Waals surface area contributed by atoms with Gasteiger partial charge in [0.1, 0.15) is 5.84 Å². The number of hydrogen-bond acceptors (Lipinski definition) is 2. The Kier molecular flexibility index (Phi) is 6.01. The molecule has 0 saturated heterocycles. The van der Waals surface area contributed by atoms with Crippen molar-refractivity contribution in [2.75, 3.05) is 26.0 Å².